The number of piperidine rings is 1. The molecule has 6 rings (SSSR count). The summed E-state index contributed by atoms with van der Waals surface area (Å²) in [5.41, 5.74) is 4.35. The van der Waals surface area contributed by atoms with Crippen LogP contribution >= 0.6 is 0 Å². The van der Waals surface area contributed by atoms with Crippen molar-refractivity contribution in [2.75, 3.05) is 61.0 Å². The maximum atomic E-state index is 12.0. The number of carbonyl (C=O) groups is 1. The van der Waals surface area contributed by atoms with Crippen LogP contribution in [-0.2, 0) is 15.6 Å². The monoisotopic (exact) mass is 548 g/mol. The van der Waals surface area contributed by atoms with Crippen molar-refractivity contribution < 1.29 is 13.7 Å². The Labute approximate surface area is 232 Å². The van der Waals surface area contributed by atoms with Crippen LogP contribution in [0.1, 0.15) is 55.4 Å². The van der Waals surface area contributed by atoms with Gasteiger partial charge in [0.2, 0.25) is 0 Å². The number of benzene rings is 1. The van der Waals surface area contributed by atoms with Crippen LogP contribution < -0.4 is 15.0 Å². The zero-order valence-electron chi connectivity index (χ0n) is 22.9. The summed E-state index contributed by atoms with van der Waals surface area (Å²) in [5, 5.41) is 3.59. The summed E-state index contributed by atoms with van der Waals surface area (Å²) < 4.78 is 18.5. The minimum atomic E-state index is -0.752. The van der Waals surface area contributed by atoms with Gasteiger partial charge < -0.3 is 19.9 Å². The Hall–Kier alpha value is -3.16. The van der Waals surface area contributed by atoms with E-state index in [4.69, 9.17) is 4.74 Å². The highest BCUT2D eigenvalue weighted by atomic mass is 32.2. The van der Waals surface area contributed by atoms with Gasteiger partial charge in [-0.2, -0.15) is 0 Å². The molecule has 4 aliphatic heterocycles. The third-order valence-electron chi connectivity index (χ3n) is 8.49. The molecule has 0 radical (unpaired) electrons. The Bertz CT molecular complexity index is 1350. The fourth-order valence-corrected chi connectivity index (χ4v) is 7.30. The summed E-state index contributed by atoms with van der Waals surface area (Å²) in [5.74, 6) is 9.60. The number of likely N-dealkylation sites (tertiary alicyclic amines) is 2. The summed E-state index contributed by atoms with van der Waals surface area (Å²) in [6, 6.07) is 4.97. The smallest absolute Gasteiger partial charge is 0.298 e. The second-order valence-corrected chi connectivity index (χ2v) is 12.6. The van der Waals surface area contributed by atoms with Crippen molar-refractivity contribution in [2.45, 2.75) is 51.7 Å². The average Bonchev–Trinajstić information content (AvgIpc) is 3.05. The third kappa shape index (κ3) is 5.10. The molecule has 1 atom stereocenters. The molecule has 3 fully saturated rings. The predicted molar refractivity (Wildman–Crippen MR) is 153 cm³/mol. The normalized spacial score (nSPS) is 22.4. The Morgan fingerprint density at radius 3 is 2.59 bits per heavy atom. The number of anilines is 3. The Balaban J connectivity index is 1.17. The second-order valence-electron chi connectivity index (χ2n) is 10.9. The van der Waals surface area contributed by atoms with Crippen LogP contribution in [0.3, 0.4) is 0 Å². The van der Waals surface area contributed by atoms with Crippen molar-refractivity contribution in [3.63, 3.8) is 0 Å². The van der Waals surface area contributed by atoms with E-state index in [0.717, 1.165) is 86.3 Å². The van der Waals surface area contributed by atoms with E-state index in [1.807, 2.05) is 4.90 Å². The number of aryl methyl sites for hydroxylation is 1. The first-order chi connectivity index (χ1) is 18.9. The van der Waals surface area contributed by atoms with Gasteiger partial charge in [0, 0.05) is 54.5 Å². The first-order valence-electron chi connectivity index (χ1n) is 13.9. The molecule has 5 heterocycles. The summed E-state index contributed by atoms with van der Waals surface area (Å²) in [6.07, 6.45) is 3.57. The van der Waals surface area contributed by atoms with Crippen molar-refractivity contribution >= 4 is 34.0 Å². The molecule has 1 N–H and O–H groups in total. The lowest BCUT2D eigenvalue weighted by molar-refractivity contribution is -0.132. The molecule has 4 aliphatic rings. The van der Waals surface area contributed by atoms with Gasteiger partial charge in [0.1, 0.15) is 29.8 Å². The highest BCUT2D eigenvalue weighted by Crippen LogP contribution is 2.45. The average molecular weight is 549 g/mol. The third-order valence-corrected chi connectivity index (χ3v) is 9.77. The molecule has 206 valence electrons. The largest absolute Gasteiger partial charge is 0.483 e. The van der Waals surface area contributed by atoms with Crippen molar-refractivity contribution in [1.29, 1.82) is 0 Å². The highest BCUT2D eigenvalue weighted by Gasteiger charge is 2.36. The summed E-state index contributed by atoms with van der Waals surface area (Å²) >= 11 is 0. The summed E-state index contributed by atoms with van der Waals surface area (Å²) in [7, 11) is -0.752. The van der Waals surface area contributed by atoms with Crippen molar-refractivity contribution in [2.24, 2.45) is 0 Å². The Morgan fingerprint density at radius 2 is 1.87 bits per heavy atom. The van der Waals surface area contributed by atoms with E-state index in [1.54, 1.807) is 13.3 Å². The number of hydrogen-bond donors (Lipinski definition) is 1. The Kier molecular flexibility index (Phi) is 7.21. The first kappa shape index (κ1) is 26.1. The first-order valence-corrected chi connectivity index (χ1v) is 15.4. The number of rotatable bonds is 3. The van der Waals surface area contributed by atoms with Crippen molar-refractivity contribution in [3.05, 3.63) is 35.2 Å². The minimum absolute atomic E-state index is 0.0561. The van der Waals surface area contributed by atoms with Crippen LogP contribution in [-0.4, -0.2) is 86.7 Å². The molecule has 3 saturated heterocycles. The van der Waals surface area contributed by atoms with Crippen molar-refractivity contribution in [3.8, 4) is 17.6 Å². The fourth-order valence-electron chi connectivity index (χ4n) is 6.25. The fraction of sp³-hybridized carbons (Fsp3) is 0.552. The van der Waals surface area contributed by atoms with E-state index >= 15 is 0 Å². The van der Waals surface area contributed by atoms with Crippen molar-refractivity contribution in [1.82, 2.24) is 19.8 Å². The van der Waals surface area contributed by atoms with Gasteiger partial charge >= 0.3 is 0 Å². The molecule has 2 aromatic rings. The number of aromatic nitrogens is 2. The van der Waals surface area contributed by atoms with Gasteiger partial charge in [-0.3, -0.25) is 13.9 Å². The van der Waals surface area contributed by atoms with Gasteiger partial charge in [0.25, 0.3) is 5.91 Å². The standard InChI is InChI=1S/C29H36N6O3S/c1-4-5-25(36)35-16-23(17-35)33-8-6-21(7-9-33)22-14-19(2)27-24(15-22)32-28-26(20(3)38-27)29(31-18-30-28)34-10-12-39(37)13-11-34/h14-15,18,20-21,23H,6-13,16-17H2,1-3H3,(H,30,31,32). The SMILES string of the molecule is CC#CC(=O)N1CC(N2CCC(c3cc(C)c4c(c3)Nc3ncnc(N5CCS(=O)CC5)c3C(C)O4)CC2)C1. The zero-order chi connectivity index (χ0) is 27.1. The van der Waals surface area contributed by atoms with E-state index < -0.39 is 10.8 Å². The van der Waals surface area contributed by atoms with E-state index in [2.05, 4.69) is 62.9 Å². The summed E-state index contributed by atoms with van der Waals surface area (Å²) in [4.78, 5) is 27.8. The van der Waals surface area contributed by atoms with Gasteiger partial charge in [-0.05, 0) is 75.7 Å². The summed E-state index contributed by atoms with van der Waals surface area (Å²) in [6.45, 7) is 11.0. The molecule has 1 aromatic carbocycles. The molecular weight excluding hydrogens is 512 g/mol. The maximum Gasteiger partial charge on any atom is 0.298 e. The molecule has 10 heteroatoms. The minimum Gasteiger partial charge on any atom is -0.483 e. The van der Waals surface area contributed by atoms with E-state index in [0.29, 0.717) is 23.5 Å². The molecule has 0 aliphatic carbocycles. The van der Waals surface area contributed by atoms with E-state index in [1.165, 1.54) is 5.56 Å². The predicted octanol–water partition coefficient (Wildman–Crippen LogP) is 2.96. The number of nitrogens with zero attached hydrogens (tertiary/aromatic N) is 5. The van der Waals surface area contributed by atoms with Gasteiger partial charge in [-0.25, -0.2) is 9.97 Å². The quantitative estimate of drug-likeness (QED) is 0.586. The van der Waals surface area contributed by atoms with E-state index in [-0.39, 0.29) is 12.0 Å². The number of nitrogens with one attached hydrogen (secondary N) is 1. The molecule has 0 bridgehead atoms. The van der Waals surface area contributed by atoms with Crippen LogP contribution in [0, 0.1) is 18.8 Å². The number of fused-ring (bicyclic) bond motifs is 2. The number of carbonyl (C=O) groups excluding carboxylic acids is 1. The van der Waals surface area contributed by atoms with Gasteiger partial charge in [0.05, 0.1) is 11.3 Å². The number of amides is 1. The lowest BCUT2D eigenvalue weighted by atomic mass is 9.87. The van der Waals surface area contributed by atoms with Crippen LogP contribution in [0.25, 0.3) is 0 Å². The molecule has 1 amide bonds. The lowest BCUT2D eigenvalue weighted by Gasteiger charge is -2.47. The van der Waals surface area contributed by atoms with Gasteiger partial charge in [0.15, 0.2) is 0 Å². The second kappa shape index (κ2) is 10.8. The molecular formula is C29H36N6O3S. The molecule has 9 nitrogen and oxygen atoms in total. The molecule has 0 saturated carbocycles. The topological polar surface area (TPSA) is 90.9 Å². The molecule has 1 aromatic heterocycles. The number of ether oxygens (including phenoxy) is 1. The lowest BCUT2D eigenvalue weighted by Crippen LogP contribution is -2.61. The Morgan fingerprint density at radius 1 is 1.13 bits per heavy atom. The van der Waals surface area contributed by atoms with Gasteiger partial charge in [-0.1, -0.05) is 12.0 Å². The van der Waals surface area contributed by atoms with Crippen LogP contribution in [0.5, 0.6) is 5.75 Å². The molecule has 39 heavy (non-hydrogen) atoms. The molecule has 1 unspecified atom stereocenters. The van der Waals surface area contributed by atoms with Crippen LogP contribution in [0.15, 0.2) is 18.5 Å². The van der Waals surface area contributed by atoms with Gasteiger partial charge in [-0.15, -0.1) is 0 Å². The van der Waals surface area contributed by atoms with Crippen LogP contribution in [0.4, 0.5) is 17.3 Å². The number of hydrogen-bond acceptors (Lipinski definition) is 8. The highest BCUT2D eigenvalue weighted by molar-refractivity contribution is 7.85. The maximum absolute atomic E-state index is 12.0. The van der Waals surface area contributed by atoms with Crippen LogP contribution in [0.2, 0.25) is 0 Å². The van der Waals surface area contributed by atoms with E-state index in [9.17, 15) is 9.00 Å². The zero-order valence-corrected chi connectivity index (χ0v) is 23.7. The molecule has 0 spiro atoms.